The molecule has 0 amide bonds. The van der Waals surface area contributed by atoms with E-state index >= 15 is 0 Å². The van der Waals surface area contributed by atoms with Crippen LogP contribution in [0.4, 0.5) is 5.82 Å². The molecule has 3 rings (SSSR count). The van der Waals surface area contributed by atoms with E-state index < -0.39 is 0 Å². The fourth-order valence-electron chi connectivity index (χ4n) is 2.65. The lowest BCUT2D eigenvalue weighted by molar-refractivity contribution is 0.581. The largest absolute Gasteiger partial charge is 0.354 e. The molecule has 1 aliphatic rings. The lowest BCUT2D eigenvalue weighted by atomic mass is 10.1. The first-order valence-electron chi connectivity index (χ1n) is 7.69. The summed E-state index contributed by atoms with van der Waals surface area (Å²) in [6.07, 6.45) is 0. The number of pyridine rings is 1. The molecule has 0 atom stereocenters. The smallest absolute Gasteiger partial charge is 0.136 e. The Morgan fingerprint density at radius 2 is 2.00 bits per heavy atom. The Hall–Kier alpha value is -1.26. The fraction of sp³-hybridized carbons (Fsp3) is 0.471. The summed E-state index contributed by atoms with van der Waals surface area (Å²) in [4.78, 5) is 7.39. The topological polar surface area (TPSA) is 28.2 Å². The summed E-state index contributed by atoms with van der Waals surface area (Å²) in [5, 5.41) is 6.04. The van der Waals surface area contributed by atoms with Gasteiger partial charge in [0.2, 0.25) is 0 Å². The third kappa shape index (κ3) is 3.50. The molecule has 0 spiro atoms. The molecule has 1 N–H and O–H groups in total. The van der Waals surface area contributed by atoms with Crippen molar-refractivity contribution < 1.29 is 0 Å². The average Bonchev–Trinajstić information content (AvgIpc) is 2.53. The Labute approximate surface area is 131 Å². The van der Waals surface area contributed by atoms with Gasteiger partial charge in [0.25, 0.3) is 0 Å². The van der Waals surface area contributed by atoms with Crippen molar-refractivity contribution >= 4 is 28.4 Å². The number of thioether (sulfide) groups is 1. The summed E-state index contributed by atoms with van der Waals surface area (Å²) in [5.74, 6) is 3.56. The van der Waals surface area contributed by atoms with Gasteiger partial charge in [0, 0.05) is 42.6 Å². The highest BCUT2D eigenvalue weighted by Crippen LogP contribution is 2.27. The van der Waals surface area contributed by atoms with Gasteiger partial charge in [-0.3, -0.25) is 0 Å². The van der Waals surface area contributed by atoms with Crippen molar-refractivity contribution in [3.8, 4) is 0 Å². The molecule has 112 valence electrons. The van der Waals surface area contributed by atoms with Crippen molar-refractivity contribution in [2.24, 2.45) is 0 Å². The molecule has 3 nitrogen and oxygen atoms in total. The molecule has 1 aliphatic heterocycles. The fourth-order valence-corrected chi connectivity index (χ4v) is 3.55. The maximum Gasteiger partial charge on any atom is 0.136 e. The van der Waals surface area contributed by atoms with Crippen LogP contribution in [0.5, 0.6) is 0 Å². The summed E-state index contributed by atoms with van der Waals surface area (Å²) in [5.41, 5.74) is 1.13. The van der Waals surface area contributed by atoms with E-state index in [0.29, 0.717) is 6.04 Å². The van der Waals surface area contributed by atoms with Gasteiger partial charge < -0.3 is 10.2 Å². The molecule has 2 heterocycles. The Morgan fingerprint density at radius 3 is 2.76 bits per heavy atom. The van der Waals surface area contributed by atoms with E-state index in [1.54, 1.807) is 0 Å². The third-order valence-corrected chi connectivity index (χ3v) is 4.72. The van der Waals surface area contributed by atoms with Gasteiger partial charge >= 0.3 is 0 Å². The van der Waals surface area contributed by atoms with Crippen LogP contribution in [0.1, 0.15) is 19.5 Å². The van der Waals surface area contributed by atoms with Crippen LogP contribution in [-0.2, 0) is 6.54 Å². The number of hydrogen-bond acceptors (Lipinski definition) is 4. The molecule has 0 radical (unpaired) electrons. The predicted molar refractivity (Wildman–Crippen MR) is 93.3 cm³/mol. The lowest BCUT2D eigenvalue weighted by Crippen LogP contribution is -2.33. The molecule has 1 aromatic heterocycles. The highest BCUT2D eigenvalue weighted by atomic mass is 32.2. The predicted octanol–water partition coefficient (Wildman–Crippen LogP) is 3.29. The summed E-state index contributed by atoms with van der Waals surface area (Å²) in [6.45, 7) is 7.37. The first-order valence-corrected chi connectivity index (χ1v) is 8.84. The second-order valence-electron chi connectivity index (χ2n) is 5.79. The maximum absolute atomic E-state index is 4.95. The minimum absolute atomic E-state index is 0.480. The van der Waals surface area contributed by atoms with Crippen molar-refractivity contribution in [1.29, 1.82) is 0 Å². The highest BCUT2D eigenvalue weighted by molar-refractivity contribution is 7.99. The molecular formula is C17H23N3S. The zero-order chi connectivity index (χ0) is 14.7. The maximum atomic E-state index is 4.95. The first-order chi connectivity index (χ1) is 10.2. The second-order valence-corrected chi connectivity index (χ2v) is 7.02. The number of rotatable bonds is 4. The minimum Gasteiger partial charge on any atom is -0.354 e. The van der Waals surface area contributed by atoms with Crippen LogP contribution in [0.25, 0.3) is 10.8 Å². The molecule has 0 bridgehead atoms. The quantitative estimate of drug-likeness (QED) is 0.938. The standard InChI is InChI=1S/C17H23N3S/c1-13(2)18-12-15-11-14-5-3-4-6-16(14)17(19-15)20-7-9-21-10-8-20/h3-6,11,13,18H,7-10,12H2,1-2H3. The van der Waals surface area contributed by atoms with Crippen molar-refractivity contribution in [2.45, 2.75) is 26.4 Å². The molecule has 0 saturated carbocycles. The molecule has 1 saturated heterocycles. The Morgan fingerprint density at radius 1 is 1.24 bits per heavy atom. The van der Waals surface area contributed by atoms with E-state index in [4.69, 9.17) is 4.98 Å². The normalized spacial score (nSPS) is 15.9. The van der Waals surface area contributed by atoms with Gasteiger partial charge in [0.15, 0.2) is 0 Å². The number of nitrogens with one attached hydrogen (secondary N) is 1. The van der Waals surface area contributed by atoms with Crippen molar-refractivity contribution in [3.63, 3.8) is 0 Å². The summed E-state index contributed by atoms with van der Waals surface area (Å²) in [6, 6.07) is 11.3. The van der Waals surface area contributed by atoms with Gasteiger partial charge in [-0.05, 0) is 11.5 Å². The van der Waals surface area contributed by atoms with Crippen molar-refractivity contribution in [2.75, 3.05) is 29.5 Å². The number of nitrogens with zero attached hydrogens (tertiary/aromatic N) is 2. The minimum atomic E-state index is 0.480. The van der Waals surface area contributed by atoms with Crippen molar-refractivity contribution in [3.05, 3.63) is 36.0 Å². The molecule has 0 aliphatic carbocycles. The summed E-state index contributed by atoms with van der Waals surface area (Å²) >= 11 is 2.04. The molecular weight excluding hydrogens is 278 g/mol. The summed E-state index contributed by atoms with van der Waals surface area (Å²) < 4.78 is 0. The zero-order valence-corrected chi connectivity index (χ0v) is 13.6. The van der Waals surface area contributed by atoms with Crippen LogP contribution >= 0.6 is 11.8 Å². The number of fused-ring (bicyclic) bond motifs is 1. The van der Waals surface area contributed by atoms with Gasteiger partial charge in [0.1, 0.15) is 5.82 Å². The van der Waals surface area contributed by atoms with E-state index in [9.17, 15) is 0 Å². The van der Waals surface area contributed by atoms with Gasteiger partial charge in [-0.25, -0.2) is 4.98 Å². The Kier molecular flexibility index (Phi) is 4.66. The van der Waals surface area contributed by atoms with Crippen molar-refractivity contribution in [1.82, 2.24) is 10.3 Å². The number of hydrogen-bond donors (Lipinski definition) is 1. The second kappa shape index (κ2) is 6.67. The molecule has 21 heavy (non-hydrogen) atoms. The van der Waals surface area contributed by atoms with Crippen LogP contribution in [-0.4, -0.2) is 35.6 Å². The molecule has 1 fully saturated rings. The third-order valence-electron chi connectivity index (χ3n) is 3.78. The van der Waals surface area contributed by atoms with E-state index in [-0.39, 0.29) is 0 Å². The molecule has 1 aromatic carbocycles. The number of benzene rings is 1. The molecule has 4 heteroatoms. The monoisotopic (exact) mass is 301 g/mol. The Bertz CT molecular complexity index is 606. The summed E-state index contributed by atoms with van der Waals surface area (Å²) in [7, 11) is 0. The van der Waals surface area contributed by atoms with E-state index in [0.717, 1.165) is 31.1 Å². The van der Waals surface area contributed by atoms with Gasteiger partial charge in [-0.2, -0.15) is 11.8 Å². The van der Waals surface area contributed by atoms with Gasteiger partial charge in [-0.1, -0.05) is 38.1 Å². The first kappa shape index (κ1) is 14.7. The van der Waals surface area contributed by atoms with Crippen LogP contribution in [0.2, 0.25) is 0 Å². The highest BCUT2D eigenvalue weighted by Gasteiger charge is 2.16. The molecule has 0 unspecified atom stereocenters. The lowest BCUT2D eigenvalue weighted by Gasteiger charge is -2.29. The number of anilines is 1. The zero-order valence-electron chi connectivity index (χ0n) is 12.8. The Balaban J connectivity index is 1.98. The van der Waals surface area contributed by atoms with E-state index in [1.807, 2.05) is 11.8 Å². The van der Waals surface area contributed by atoms with Crippen LogP contribution in [0, 0.1) is 0 Å². The van der Waals surface area contributed by atoms with Crippen LogP contribution in [0.3, 0.4) is 0 Å². The van der Waals surface area contributed by atoms with Crippen LogP contribution < -0.4 is 10.2 Å². The van der Waals surface area contributed by atoms with E-state index in [2.05, 4.69) is 54.4 Å². The van der Waals surface area contributed by atoms with E-state index in [1.165, 1.54) is 22.3 Å². The SMILES string of the molecule is CC(C)NCc1cc2ccccc2c(N2CCSCC2)n1. The number of aromatic nitrogens is 1. The average molecular weight is 301 g/mol. The van der Waals surface area contributed by atoms with Crippen LogP contribution in [0.15, 0.2) is 30.3 Å². The van der Waals surface area contributed by atoms with Gasteiger partial charge in [0.05, 0.1) is 5.69 Å². The van der Waals surface area contributed by atoms with Gasteiger partial charge in [-0.15, -0.1) is 0 Å². The molecule has 2 aromatic rings.